The number of unbranched alkanes of at least 4 members (excludes halogenated alkanes) is 1. The maximum absolute atomic E-state index is 6.19. The lowest BCUT2D eigenvalue weighted by molar-refractivity contribution is 0.459. The maximum atomic E-state index is 6.19. The molecule has 1 nitrogen and oxygen atoms in total. The van der Waals surface area contributed by atoms with Gasteiger partial charge in [-0.3, -0.25) is 4.42 Å². The molecule has 0 saturated carbocycles. The molecule has 0 amide bonds. The lowest BCUT2D eigenvalue weighted by Gasteiger charge is -2.28. The fraction of sp³-hybridized carbons (Fsp3) is 0.636. The molecule has 0 aromatic rings. The molecule has 0 bridgehead atoms. The monoisotopic (exact) mass is 199 g/mol. The van der Waals surface area contributed by atoms with Crippen molar-refractivity contribution in [1.82, 2.24) is 4.42 Å². The predicted octanol–water partition coefficient (Wildman–Crippen LogP) is 3.86. The number of allylic oxidation sites excluding steroid dienone is 3. The van der Waals surface area contributed by atoms with Gasteiger partial charge in [0, 0.05) is 17.5 Å². The van der Waals surface area contributed by atoms with Crippen LogP contribution in [0.2, 0.25) is 0 Å². The molecule has 0 saturated heterocycles. The summed E-state index contributed by atoms with van der Waals surface area (Å²) in [7, 11) is 0. The van der Waals surface area contributed by atoms with Crippen molar-refractivity contribution >= 4 is 11.8 Å². The van der Waals surface area contributed by atoms with Crippen molar-refractivity contribution in [3.05, 3.63) is 23.4 Å². The van der Waals surface area contributed by atoms with Gasteiger partial charge in [-0.25, -0.2) is 0 Å². The Hall–Kier alpha value is -0.430. The van der Waals surface area contributed by atoms with E-state index in [0.29, 0.717) is 6.04 Å². The minimum absolute atomic E-state index is 0.331. The van der Waals surface area contributed by atoms with E-state index in [1.807, 2.05) is 4.42 Å². The van der Waals surface area contributed by atoms with Gasteiger partial charge in [-0.15, -0.1) is 0 Å². The van der Waals surface area contributed by atoms with E-state index in [9.17, 15) is 0 Å². The average molecular weight is 200 g/mol. The van der Waals surface area contributed by atoms with Crippen LogP contribution in [0.5, 0.6) is 0 Å². The minimum atomic E-state index is 0.331. The van der Waals surface area contributed by atoms with Crippen LogP contribution in [0.3, 0.4) is 0 Å². The van der Waals surface area contributed by atoms with E-state index in [0.717, 1.165) is 6.42 Å². The van der Waals surface area contributed by atoms with Gasteiger partial charge in [0.25, 0.3) is 0 Å². The Labute approximate surface area is 86.2 Å². The molecule has 74 valence electrons. The molecule has 0 aromatic carbocycles. The Bertz CT molecular complexity index is 230. The largest absolute Gasteiger partial charge is 0.283 e. The smallest absolute Gasteiger partial charge is 0.0611 e. The van der Waals surface area contributed by atoms with Gasteiger partial charge >= 0.3 is 0 Å². The number of nitrogens with zero attached hydrogens (tertiary/aromatic N) is 1. The molecule has 0 N–H and O–H groups in total. The van der Waals surface area contributed by atoms with Gasteiger partial charge in [-0.05, 0) is 32.3 Å². The molecule has 1 aliphatic rings. The lowest BCUT2D eigenvalue weighted by Crippen LogP contribution is -2.25. The molecule has 0 aliphatic carbocycles. The van der Waals surface area contributed by atoms with Gasteiger partial charge in [0.2, 0.25) is 0 Å². The molecule has 13 heavy (non-hydrogen) atoms. The second-order valence-corrected chi connectivity index (χ2v) is 4.01. The Morgan fingerprint density at radius 3 is 2.85 bits per heavy atom. The van der Waals surface area contributed by atoms with Crippen LogP contribution in [-0.4, -0.2) is 10.5 Å². The molecular weight excluding hydrogens is 182 g/mol. The summed E-state index contributed by atoms with van der Waals surface area (Å²) in [6.45, 7) is 6.45. The molecule has 1 unspecified atom stereocenters. The number of rotatable bonds is 3. The van der Waals surface area contributed by atoms with Crippen molar-refractivity contribution in [2.45, 2.75) is 46.1 Å². The molecule has 1 rings (SSSR count). The SMILES string of the molecule is CCCCC1=C(C)C=CC(C)N1Cl. The molecule has 2 heteroatoms. The number of hydrogen-bond donors (Lipinski definition) is 0. The summed E-state index contributed by atoms with van der Waals surface area (Å²) in [4.78, 5) is 0. The predicted molar refractivity (Wildman–Crippen MR) is 58.5 cm³/mol. The summed E-state index contributed by atoms with van der Waals surface area (Å²) in [5.41, 5.74) is 2.60. The second kappa shape index (κ2) is 4.71. The van der Waals surface area contributed by atoms with Crippen LogP contribution < -0.4 is 0 Å². The van der Waals surface area contributed by atoms with Gasteiger partial charge in [0.05, 0.1) is 6.04 Å². The molecule has 0 radical (unpaired) electrons. The lowest BCUT2D eigenvalue weighted by atomic mass is 10.0. The Balaban J connectivity index is 2.70. The van der Waals surface area contributed by atoms with Crippen LogP contribution in [0.4, 0.5) is 0 Å². The van der Waals surface area contributed by atoms with Gasteiger partial charge in [0.1, 0.15) is 0 Å². The third-order valence-electron chi connectivity index (χ3n) is 2.46. The van der Waals surface area contributed by atoms with Crippen LogP contribution in [0.15, 0.2) is 23.4 Å². The fourth-order valence-corrected chi connectivity index (χ4v) is 1.80. The normalized spacial score (nSPS) is 22.8. The maximum Gasteiger partial charge on any atom is 0.0611 e. The first-order chi connectivity index (χ1) is 6.16. The Morgan fingerprint density at radius 2 is 2.23 bits per heavy atom. The van der Waals surface area contributed by atoms with E-state index in [-0.39, 0.29) is 0 Å². The summed E-state index contributed by atoms with van der Waals surface area (Å²) in [5, 5.41) is 0. The highest BCUT2D eigenvalue weighted by atomic mass is 35.5. The number of halogens is 1. The van der Waals surface area contributed by atoms with Crippen molar-refractivity contribution in [1.29, 1.82) is 0 Å². The summed E-state index contributed by atoms with van der Waals surface area (Å²) in [5.74, 6) is 0. The van der Waals surface area contributed by atoms with Crippen molar-refractivity contribution in [2.75, 3.05) is 0 Å². The van der Waals surface area contributed by atoms with E-state index in [4.69, 9.17) is 11.8 Å². The third-order valence-corrected chi connectivity index (χ3v) is 2.97. The molecule has 1 heterocycles. The van der Waals surface area contributed by atoms with E-state index in [1.54, 1.807) is 0 Å². The topological polar surface area (TPSA) is 3.24 Å². The third kappa shape index (κ3) is 2.50. The fourth-order valence-electron chi connectivity index (χ4n) is 1.52. The van der Waals surface area contributed by atoms with Gasteiger partial charge in [-0.1, -0.05) is 25.5 Å². The van der Waals surface area contributed by atoms with E-state index in [1.165, 1.54) is 24.1 Å². The van der Waals surface area contributed by atoms with Crippen LogP contribution in [-0.2, 0) is 0 Å². The van der Waals surface area contributed by atoms with Gasteiger partial charge in [-0.2, -0.15) is 0 Å². The number of hydrogen-bond acceptors (Lipinski definition) is 1. The quantitative estimate of drug-likeness (QED) is 0.624. The molecule has 0 aromatic heterocycles. The van der Waals surface area contributed by atoms with Crippen molar-refractivity contribution in [2.24, 2.45) is 0 Å². The van der Waals surface area contributed by atoms with Crippen molar-refractivity contribution in [3.63, 3.8) is 0 Å². The summed E-state index contributed by atoms with van der Waals surface area (Å²) >= 11 is 6.19. The van der Waals surface area contributed by atoms with Crippen molar-refractivity contribution in [3.8, 4) is 0 Å². The van der Waals surface area contributed by atoms with Crippen LogP contribution in [0.25, 0.3) is 0 Å². The van der Waals surface area contributed by atoms with Crippen LogP contribution >= 0.6 is 11.8 Å². The first-order valence-electron chi connectivity index (χ1n) is 4.99. The summed E-state index contributed by atoms with van der Waals surface area (Å²) in [6, 6.07) is 0.331. The van der Waals surface area contributed by atoms with Gasteiger partial charge in [0.15, 0.2) is 0 Å². The van der Waals surface area contributed by atoms with Crippen LogP contribution in [0.1, 0.15) is 40.0 Å². The van der Waals surface area contributed by atoms with E-state index < -0.39 is 0 Å². The molecule has 1 aliphatic heterocycles. The summed E-state index contributed by atoms with van der Waals surface area (Å²) in [6.07, 6.45) is 7.85. The highest BCUT2D eigenvalue weighted by Gasteiger charge is 2.17. The molecule has 0 spiro atoms. The van der Waals surface area contributed by atoms with E-state index in [2.05, 4.69) is 32.9 Å². The van der Waals surface area contributed by atoms with Gasteiger partial charge < -0.3 is 0 Å². The zero-order valence-corrected chi connectivity index (χ0v) is 9.43. The zero-order valence-electron chi connectivity index (χ0n) is 8.68. The Morgan fingerprint density at radius 1 is 1.54 bits per heavy atom. The Kier molecular flexibility index (Phi) is 3.86. The van der Waals surface area contributed by atoms with E-state index >= 15 is 0 Å². The molecule has 1 atom stereocenters. The second-order valence-electron chi connectivity index (χ2n) is 3.64. The highest BCUT2D eigenvalue weighted by Crippen LogP contribution is 2.27. The molecule has 0 fully saturated rings. The summed E-state index contributed by atoms with van der Waals surface area (Å²) < 4.78 is 1.87. The van der Waals surface area contributed by atoms with Crippen molar-refractivity contribution < 1.29 is 0 Å². The van der Waals surface area contributed by atoms with Crippen LogP contribution in [0, 0.1) is 0 Å². The molecular formula is C11H18ClN. The average Bonchev–Trinajstić information content (AvgIpc) is 2.12. The minimum Gasteiger partial charge on any atom is -0.283 e. The zero-order chi connectivity index (χ0) is 9.84. The first kappa shape index (κ1) is 10.6. The standard InChI is InChI=1S/C11H18ClN/c1-4-5-6-11-9(2)7-8-10(3)13(11)12/h7-8,10H,4-6H2,1-3H3. The first-order valence-corrected chi connectivity index (χ1v) is 5.33. The highest BCUT2D eigenvalue weighted by molar-refractivity contribution is 6.14.